The van der Waals surface area contributed by atoms with Crippen LogP contribution in [0, 0.1) is 17.5 Å². The van der Waals surface area contributed by atoms with Gasteiger partial charge in [0.25, 0.3) is 0 Å². The lowest BCUT2D eigenvalue weighted by atomic mass is 9.93. The van der Waals surface area contributed by atoms with Gasteiger partial charge in [-0.15, -0.1) is 0 Å². The molecule has 0 aliphatic carbocycles. The largest absolute Gasteiger partial charge is 0.497 e. The van der Waals surface area contributed by atoms with Gasteiger partial charge in [0.1, 0.15) is 29.2 Å². The number of halogens is 3. The molecule has 1 fully saturated rings. The summed E-state index contributed by atoms with van der Waals surface area (Å²) in [5.41, 5.74) is -0.0214. The number of hydrogen-bond acceptors (Lipinski definition) is 3. The summed E-state index contributed by atoms with van der Waals surface area (Å²) in [6.45, 7) is -0.0412. The van der Waals surface area contributed by atoms with Crippen LogP contribution in [0.5, 0.6) is 5.75 Å². The fraction of sp³-hybridized carbons (Fsp3) is 0.222. The molecule has 0 bridgehead atoms. The molecule has 3 amide bonds. The number of carbonyl (C=O) groups is 2. The Bertz CT molecular complexity index is 851. The van der Waals surface area contributed by atoms with Crippen molar-refractivity contribution in [3.05, 3.63) is 59.4 Å². The van der Waals surface area contributed by atoms with Crippen molar-refractivity contribution >= 4 is 17.6 Å². The van der Waals surface area contributed by atoms with E-state index in [-0.39, 0.29) is 17.9 Å². The summed E-state index contributed by atoms with van der Waals surface area (Å²) >= 11 is 0. The summed E-state index contributed by atoms with van der Waals surface area (Å²) in [6, 6.07) is 5.07. The maximum Gasteiger partial charge on any atom is 0.319 e. The Balaban J connectivity index is 1.78. The Hall–Kier alpha value is -3.23. The smallest absolute Gasteiger partial charge is 0.319 e. The van der Waals surface area contributed by atoms with Gasteiger partial charge in [-0.1, -0.05) is 0 Å². The Labute approximate surface area is 152 Å². The summed E-state index contributed by atoms with van der Waals surface area (Å²) in [6.07, 6.45) is 0. The molecule has 1 aliphatic heterocycles. The molecule has 2 atom stereocenters. The molecule has 1 unspecified atom stereocenters. The zero-order valence-electron chi connectivity index (χ0n) is 14.2. The average molecular weight is 379 g/mol. The molecule has 1 saturated heterocycles. The van der Waals surface area contributed by atoms with E-state index in [0.717, 1.165) is 24.3 Å². The fourth-order valence-electron chi connectivity index (χ4n) is 2.93. The second-order valence-electron chi connectivity index (χ2n) is 5.94. The van der Waals surface area contributed by atoms with E-state index in [1.807, 2.05) is 0 Å². The lowest BCUT2D eigenvalue weighted by Crippen LogP contribution is -2.45. The second-order valence-corrected chi connectivity index (χ2v) is 5.94. The van der Waals surface area contributed by atoms with Gasteiger partial charge in [0.2, 0.25) is 5.91 Å². The summed E-state index contributed by atoms with van der Waals surface area (Å²) in [4.78, 5) is 24.2. The molecule has 142 valence electrons. The Morgan fingerprint density at radius 1 is 1.15 bits per heavy atom. The third-order valence-electron chi connectivity index (χ3n) is 4.23. The molecule has 2 aromatic rings. The minimum absolute atomic E-state index is 0.00425. The Morgan fingerprint density at radius 2 is 1.78 bits per heavy atom. The monoisotopic (exact) mass is 379 g/mol. The molecular formula is C18H16F3N3O3. The van der Waals surface area contributed by atoms with Crippen molar-refractivity contribution in [1.82, 2.24) is 10.6 Å². The van der Waals surface area contributed by atoms with Crippen LogP contribution in [0.3, 0.4) is 0 Å². The molecule has 0 spiro atoms. The summed E-state index contributed by atoms with van der Waals surface area (Å²) < 4.78 is 46.4. The highest BCUT2D eigenvalue weighted by Gasteiger charge is 2.40. The fourth-order valence-corrected chi connectivity index (χ4v) is 2.93. The average Bonchev–Trinajstić information content (AvgIpc) is 2.97. The van der Waals surface area contributed by atoms with E-state index in [0.29, 0.717) is 5.69 Å². The Morgan fingerprint density at radius 3 is 2.37 bits per heavy atom. The van der Waals surface area contributed by atoms with Crippen LogP contribution in [-0.4, -0.2) is 31.6 Å². The van der Waals surface area contributed by atoms with Crippen molar-refractivity contribution in [3.63, 3.8) is 0 Å². The standard InChI is InChI=1S/C18H16F3N3O3/c1-27-11-6-13(20)15(14(21)7-11)12-8-22-17(25)16(12)24-18(26)23-10-4-2-9(19)3-5-10/h2-7,12,16H,8H2,1H3,(H,22,25)(H2,23,24,26)/t12?,16-/m1/s1. The number of amides is 3. The zero-order chi connectivity index (χ0) is 19.6. The van der Waals surface area contributed by atoms with Crippen LogP contribution >= 0.6 is 0 Å². The molecule has 0 radical (unpaired) electrons. The number of carbonyl (C=O) groups excluding carboxylic acids is 2. The van der Waals surface area contributed by atoms with Crippen LogP contribution in [0.25, 0.3) is 0 Å². The molecule has 9 heteroatoms. The highest BCUT2D eigenvalue weighted by atomic mass is 19.1. The van der Waals surface area contributed by atoms with Gasteiger partial charge >= 0.3 is 6.03 Å². The molecule has 1 heterocycles. The zero-order valence-corrected chi connectivity index (χ0v) is 14.2. The van der Waals surface area contributed by atoms with Crippen LogP contribution in [0.1, 0.15) is 11.5 Å². The van der Waals surface area contributed by atoms with E-state index in [1.54, 1.807) is 0 Å². The first kappa shape index (κ1) is 18.6. The summed E-state index contributed by atoms with van der Waals surface area (Å²) in [5.74, 6) is -3.73. The van der Waals surface area contributed by atoms with Crippen molar-refractivity contribution < 1.29 is 27.5 Å². The van der Waals surface area contributed by atoms with E-state index < -0.39 is 41.3 Å². The molecule has 3 rings (SSSR count). The quantitative estimate of drug-likeness (QED) is 0.764. The van der Waals surface area contributed by atoms with E-state index in [9.17, 15) is 22.8 Å². The molecule has 2 aromatic carbocycles. The topological polar surface area (TPSA) is 79.5 Å². The SMILES string of the molecule is COc1cc(F)c(C2CNC(=O)[C@@H]2NC(=O)Nc2ccc(F)cc2)c(F)c1. The van der Waals surface area contributed by atoms with Crippen LogP contribution in [0.2, 0.25) is 0 Å². The van der Waals surface area contributed by atoms with Gasteiger partial charge in [0, 0.05) is 35.8 Å². The number of hydrogen-bond donors (Lipinski definition) is 3. The van der Waals surface area contributed by atoms with Gasteiger partial charge in [-0.2, -0.15) is 0 Å². The Kier molecular flexibility index (Phi) is 5.20. The van der Waals surface area contributed by atoms with Crippen molar-refractivity contribution in [2.24, 2.45) is 0 Å². The van der Waals surface area contributed by atoms with Crippen molar-refractivity contribution in [2.75, 3.05) is 19.0 Å². The number of ether oxygens (including phenoxy) is 1. The highest BCUT2D eigenvalue weighted by molar-refractivity contribution is 5.95. The summed E-state index contributed by atoms with van der Waals surface area (Å²) in [5, 5.41) is 7.32. The highest BCUT2D eigenvalue weighted by Crippen LogP contribution is 2.31. The number of nitrogens with one attached hydrogen (secondary N) is 3. The molecule has 3 N–H and O–H groups in total. The van der Waals surface area contributed by atoms with Crippen LogP contribution in [-0.2, 0) is 4.79 Å². The number of methoxy groups -OCH3 is 1. The minimum atomic E-state index is -1.18. The maximum atomic E-state index is 14.3. The lowest BCUT2D eigenvalue weighted by Gasteiger charge is -2.20. The third kappa shape index (κ3) is 3.97. The second kappa shape index (κ2) is 7.56. The van der Waals surface area contributed by atoms with E-state index in [1.165, 1.54) is 19.2 Å². The van der Waals surface area contributed by atoms with E-state index in [4.69, 9.17) is 4.74 Å². The molecule has 0 saturated carbocycles. The predicted octanol–water partition coefficient (Wildman–Crippen LogP) is 2.52. The van der Waals surface area contributed by atoms with Crippen LogP contribution in [0.15, 0.2) is 36.4 Å². The molecule has 6 nitrogen and oxygen atoms in total. The first-order chi connectivity index (χ1) is 12.9. The van der Waals surface area contributed by atoms with E-state index in [2.05, 4.69) is 16.0 Å². The number of urea groups is 1. The van der Waals surface area contributed by atoms with Gasteiger partial charge in [-0.3, -0.25) is 4.79 Å². The van der Waals surface area contributed by atoms with Gasteiger partial charge < -0.3 is 20.7 Å². The summed E-state index contributed by atoms with van der Waals surface area (Å²) in [7, 11) is 1.28. The molecule has 0 aromatic heterocycles. The minimum Gasteiger partial charge on any atom is -0.497 e. The predicted molar refractivity (Wildman–Crippen MR) is 91.0 cm³/mol. The van der Waals surface area contributed by atoms with Crippen molar-refractivity contribution in [2.45, 2.75) is 12.0 Å². The normalized spacial score (nSPS) is 18.7. The van der Waals surface area contributed by atoms with Gasteiger partial charge in [-0.25, -0.2) is 18.0 Å². The van der Waals surface area contributed by atoms with Gasteiger partial charge in [-0.05, 0) is 24.3 Å². The van der Waals surface area contributed by atoms with Crippen molar-refractivity contribution in [1.29, 1.82) is 0 Å². The molecule has 27 heavy (non-hydrogen) atoms. The molecular weight excluding hydrogens is 363 g/mol. The van der Waals surface area contributed by atoms with Gasteiger partial charge in [0.15, 0.2) is 0 Å². The third-order valence-corrected chi connectivity index (χ3v) is 4.23. The first-order valence-corrected chi connectivity index (χ1v) is 8.02. The van der Waals surface area contributed by atoms with E-state index >= 15 is 0 Å². The number of benzene rings is 2. The number of anilines is 1. The number of rotatable bonds is 4. The maximum absolute atomic E-state index is 14.3. The first-order valence-electron chi connectivity index (χ1n) is 8.02. The van der Waals surface area contributed by atoms with Crippen LogP contribution < -0.4 is 20.7 Å². The molecule has 1 aliphatic rings. The van der Waals surface area contributed by atoms with Gasteiger partial charge in [0.05, 0.1) is 7.11 Å². The van der Waals surface area contributed by atoms with Crippen LogP contribution in [0.4, 0.5) is 23.7 Å². The lowest BCUT2D eigenvalue weighted by molar-refractivity contribution is -0.120. The van der Waals surface area contributed by atoms with Crippen molar-refractivity contribution in [3.8, 4) is 5.75 Å².